The average molecular weight is 374 g/mol. The number of ether oxygens (including phenoxy) is 1. The first kappa shape index (κ1) is 17.7. The molecule has 140 valence electrons. The minimum absolute atomic E-state index is 0.0626. The number of carbonyl (C=O) groups is 1. The van der Waals surface area contributed by atoms with Crippen LogP contribution in [-0.4, -0.2) is 35.1 Å². The molecule has 0 aromatic carbocycles. The summed E-state index contributed by atoms with van der Waals surface area (Å²) >= 11 is 1.52. The maximum Gasteiger partial charge on any atom is 0.268 e. The van der Waals surface area contributed by atoms with Crippen molar-refractivity contribution in [2.45, 2.75) is 71.2 Å². The van der Waals surface area contributed by atoms with E-state index in [0.29, 0.717) is 12.6 Å². The predicted octanol–water partition coefficient (Wildman–Crippen LogP) is 4.69. The highest BCUT2D eigenvalue weighted by molar-refractivity contribution is 7.21. The number of rotatable bonds is 4. The smallest absolute Gasteiger partial charge is 0.268 e. The molecule has 5 nitrogen and oxygen atoms in total. The third-order valence-electron chi connectivity index (χ3n) is 5.60. The summed E-state index contributed by atoms with van der Waals surface area (Å²) in [6.07, 6.45) is 6.95. The van der Waals surface area contributed by atoms with Crippen LogP contribution >= 0.6 is 11.3 Å². The number of aryl methyl sites for hydroxylation is 1. The number of hydrogen-bond acceptors (Lipinski definition) is 5. The van der Waals surface area contributed by atoms with E-state index in [9.17, 15) is 4.79 Å². The van der Waals surface area contributed by atoms with Gasteiger partial charge in [0.2, 0.25) is 0 Å². The van der Waals surface area contributed by atoms with Gasteiger partial charge in [0, 0.05) is 24.2 Å². The molecule has 2 aromatic heterocycles. The Labute approximate surface area is 158 Å². The molecule has 2 aliphatic rings. The molecule has 3 heterocycles. The minimum atomic E-state index is 0.0626. The number of methoxy groups -OCH3 is 1. The van der Waals surface area contributed by atoms with Crippen LogP contribution in [0, 0.1) is 6.92 Å². The third-order valence-corrected chi connectivity index (χ3v) is 6.67. The number of amides is 1. The van der Waals surface area contributed by atoms with Crippen LogP contribution in [0.2, 0.25) is 0 Å². The quantitative estimate of drug-likeness (QED) is 0.845. The molecule has 1 fully saturated rings. The van der Waals surface area contributed by atoms with Crippen LogP contribution in [0.25, 0.3) is 10.2 Å². The van der Waals surface area contributed by atoms with Crippen molar-refractivity contribution < 1.29 is 9.53 Å². The molecule has 0 bridgehead atoms. The number of nitrogens with zero attached hydrogens (tertiary/aromatic N) is 2. The SMILES string of the molecule is CCC1Nc2c(sc3nc(C)cc(COC)c23)C(=O)N1C1CCCCC1. The van der Waals surface area contributed by atoms with E-state index < -0.39 is 0 Å². The first-order chi connectivity index (χ1) is 12.6. The van der Waals surface area contributed by atoms with Crippen LogP contribution in [0.4, 0.5) is 5.69 Å². The summed E-state index contributed by atoms with van der Waals surface area (Å²) < 4.78 is 5.40. The molecule has 4 rings (SSSR count). The van der Waals surface area contributed by atoms with Gasteiger partial charge in [-0.2, -0.15) is 0 Å². The summed E-state index contributed by atoms with van der Waals surface area (Å²) in [7, 11) is 1.71. The largest absolute Gasteiger partial charge is 0.380 e. The topological polar surface area (TPSA) is 54.5 Å². The highest BCUT2D eigenvalue weighted by Gasteiger charge is 2.39. The standard InChI is InChI=1S/C20H27N3O2S/c1-4-15-22-17-16-13(11-25-3)10-12(2)21-19(16)26-18(17)20(24)23(15)14-8-6-5-7-9-14/h10,14-15,22H,4-9,11H2,1-3H3. The van der Waals surface area contributed by atoms with Crippen LogP contribution < -0.4 is 5.32 Å². The van der Waals surface area contributed by atoms with Gasteiger partial charge in [0.1, 0.15) is 15.9 Å². The summed E-state index contributed by atoms with van der Waals surface area (Å²) in [5.41, 5.74) is 3.04. The minimum Gasteiger partial charge on any atom is -0.380 e. The van der Waals surface area contributed by atoms with Gasteiger partial charge < -0.3 is 15.0 Å². The lowest BCUT2D eigenvalue weighted by atomic mass is 9.92. The Kier molecular flexibility index (Phi) is 4.88. The highest BCUT2D eigenvalue weighted by Crippen LogP contribution is 2.43. The van der Waals surface area contributed by atoms with E-state index >= 15 is 0 Å². The molecular formula is C20H27N3O2S. The molecule has 6 heteroatoms. The molecule has 1 aliphatic heterocycles. The zero-order valence-corrected chi connectivity index (χ0v) is 16.6. The van der Waals surface area contributed by atoms with Crippen molar-refractivity contribution in [3.05, 3.63) is 22.2 Å². The monoisotopic (exact) mass is 373 g/mol. The normalized spacial score (nSPS) is 21.1. The fraction of sp³-hybridized carbons (Fsp3) is 0.600. The number of hydrogen-bond donors (Lipinski definition) is 1. The van der Waals surface area contributed by atoms with Crippen LogP contribution in [0.5, 0.6) is 0 Å². The Hall–Kier alpha value is -1.66. The molecule has 1 aliphatic carbocycles. The first-order valence-corrected chi connectivity index (χ1v) is 10.5. The summed E-state index contributed by atoms with van der Waals surface area (Å²) in [6, 6.07) is 2.43. The van der Waals surface area contributed by atoms with E-state index in [-0.39, 0.29) is 12.1 Å². The molecule has 26 heavy (non-hydrogen) atoms. The Morgan fingerprint density at radius 2 is 2.12 bits per heavy atom. The maximum atomic E-state index is 13.4. The van der Waals surface area contributed by atoms with Gasteiger partial charge in [-0.05, 0) is 37.8 Å². The molecule has 0 radical (unpaired) electrons. The van der Waals surface area contributed by atoms with E-state index in [2.05, 4.69) is 23.2 Å². The van der Waals surface area contributed by atoms with Gasteiger partial charge in [-0.25, -0.2) is 4.98 Å². The van der Waals surface area contributed by atoms with Crippen molar-refractivity contribution in [2.24, 2.45) is 0 Å². The Morgan fingerprint density at radius 3 is 2.81 bits per heavy atom. The van der Waals surface area contributed by atoms with Crippen molar-refractivity contribution in [1.82, 2.24) is 9.88 Å². The van der Waals surface area contributed by atoms with Crippen molar-refractivity contribution >= 4 is 33.1 Å². The van der Waals surface area contributed by atoms with E-state index in [4.69, 9.17) is 9.72 Å². The number of thiophene rings is 1. The summed E-state index contributed by atoms with van der Waals surface area (Å²) in [5.74, 6) is 0.182. The number of anilines is 1. The molecule has 1 amide bonds. The summed E-state index contributed by atoms with van der Waals surface area (Å²) in [6.45, 7) is 4.68. The number of pyridine rings is 1. The molecule has 2 aromatic rings. The lowest BCUT2D eigenvalue weighted by Crippen LogP contribution is -2.53. The van der Waals surface area contributed by atoms with Crippen molar-refractivity contribution in [2.75, 3.05) is 12.4 Å². The molecule has 1 unspecified atom stereocenters. The van der Waals surface area contributed by atoms with Gasteiger partial charge in [0.25, 0.3) is 5.91 Å². The molecule has 1 N–H and O–H groups in total. The van der Waals surface area contributed by atoms with Crippen LogP contribution in [0.15, 0.2) is 6.07 Å². The van der Waals surface area contributed by atoms with Crippen LogP contribution in [0.3, 0.4) is 0 Å². The zero-order valence-electron chi connectivity index (χ0n) is 15.8. The number of fused-ring (bicyclic) bond motifs is 3. The van der Waals surface area contributed by atoms with Crippen molar-refractivity contribution in [3.63, 3.8) is 0 Å². The van der Waals surface area contributed by atoms with Gasteiger partial charge in [-0.15, -0.1) is 11.3 Å². The lowest BCUT2D eigenvalue weighted by molar-refractivity contribution is 0.0527. The van der Waals surface area contributed by atoms with Crippen molar-refractivity contribution in [1.29, 1.82) is 0 Å². The molecule has 1 saturated carbocycles. The second kappa shape index (κ2) is 7.16. The number of nitrogens with one attached hydrogen (secondary N) is 1. The zero-order chi connectivity index (χ0) is 18.3. The second-order valence-corrected chi connectivity index (χ2v) is 8.41. The van der Waals surface area contributed by atoms with Crippen LogP contribution in [-0.2, 0) is 11.3 Å². The summed E-state index contributed by atoms with van der Waals surface area (Å²) in [5, 5.41) is 4.75. The van der Waals surface area contributed by atoms with Gasteiger partial charge in [0.05, 0.1) is 12.3 Å². The fourth-order valence-corrected chi connectivity index (χ4v) is 5.62. The highest BCUT2D eigenvalue weighted by atomic mass is 32.1. The molecule has 1 atom stereocenters. The molecule has 0 saturated heterocycles. The van der Waals surface area contributed by atoms with E-state index in [1.54, 1.807) is 7.11 Å². The third kappa shape index (κ3) is 2.89. The Morgan fingerprint density at radius 1 is 1.35 bits per heavy atom. The lowest BCUT2D eigenvalue weighted by Gasteiger charge is -2.43. The van der Waals surface area contributed by atoms with Crippen LogP contribution in [0.1, 0.15) is 66.4 Å². The summed E-state index contributed by atoms with van der Waals surface area (Å²) in [4.78, 5) is 22.0. The van der Waals surface area contributed by atoms with Gasteiger partial charge >= 0.3 is 0 Å². The second-order valence-electron chi connectivity index (χ2n) is 7.41. The average Bonchev–Trinajstić information content (AvgIpc) is 3.01. The first-order valence-electron chi connectivity index (χ1n) is 9.65. The Balaban J connectivity index is 1.81. The van der Waals surface area contributed by atoms with E-state index in [0.717, 1.165) is 51.3 Å². The van der Waals surface area contributed by atoms with E-state index in [1.165, 1.54) is 30.6 Å². The van der Waals surface area contributed by atoms with Gasteiger partial charge in [-0.1, -0.05) is 26.2 Å². The number of aromatic nitrogens is 1. The van der Waals surface area contributed by atoms with Gasteiger partial charge in [0.15, 0.2) is 0 Å². The molecular weight excluding hydrogens is 346 g/mol. The maximum absolute atomic E-state index is 13.4. The van der Waals surface area contributed by atoms with E-state index in [1.807, 2.05) is 6.92 Å². The predicted molar refractivity (Wildman–Crippen MR) is 106 cm³/mol. The van der Waals surface area contributed by atoms with Crippen molar-refractivity contribution in [3.8, 4) is 0 Å². The van der Waals surface area contributed by atoms with Gasteiger partial charge in [-0.3, -0.25) is 4.79 Å². The molecule has 0 spiro atoms. The number of carbonyl (C=O) groups excluding carboxylic acids is 1. The fourth-order valence-electron chi connectivity index (χ4n) is 4.44. The Bertz CT molecular complexity index is 826.